The van der Waals surface area contributed by atoms with Crippen LogP contribution in [0.15, 0.2) is 91.0 Å². The van der Waals surface area contributed by atoms with Crippen molar-refractivity contribution in [2.24, 2.45) is 0 Å². The number of ether oxygens (including phenoxy) is 4. The van der Waals surface area contributed by atoms with Gasteiger partial charge in [0.05, 0.1) is 33.3 Å². The molecular formula is C32H30N2O6. The molecule has 0 fully saturated rings. The molecule has 2 atom stereocenters. The van der Waals surface area contributed by atoms with Crippen molar-refractivity contribution in [1.29, 1.82) is 0 Å². The first kappa shape index (κ1) is 26.6. The Balaban J connectivity index is 1.51. The third-order valence-electron chi connectivity index (χ3n) is 7.02. The highest BCUT2D eigenvalue weighted by Crippen LogP contribution is 2.46. The van der Waals surface area contributed by atoms with Crippen molar-refractivity contribution in [3.8, 4) is 28.7 Å². The number of amides is 2. The van der Waals surface area contributed by atoms with Crippen molar-refractivity contribution in [2.45, 2.75) is 12.0 Å². The number of carbonyl (C=O) groups excluding carboxylic acids is 2. The first-order valence-corrected chi connectivity index (χ1v) is 12.7. The zero-order chi connectivity index (χ0) is 28.2. The maximum Gasteiger partial charge on any atom is 0.254 e. The van der Waals surface area contributed by atoms with Crippen LogP contribution in [0.25, 0.3) is 0 Å². The lowest BCUT2D eigenvalue weighted by Gasteiger charge is -2.40. The number of rotatable bonds is 8. The molecule has 2 amide bonds. The smallest absolute Gasteiger partial charge is 0.254 e. The standard InChI is InChI=1S/C32H30N2O6/c1-34-30(20-10-14-22(37-2)15-11-20)29(25-18-27(38-3)28(39-4)19-26(25)32(34)36)31(35)33-21-12-16-24(17-13-21)40-23-8-6-5-7-9-23/h5-19,29-30H,1-4H3,(H,33,35)/t29-,30-/m1/s1. The van der Waals surface area contributed by atoms with Crippen LogP contribution in [0.5, 0.6) is 28.7 Å². The number of hydrogen-bond donors (Lipinski definition) is 1. The van der Waals surface area contributed by atoms with E-state index in [-0.39, 0.29) is 11.8 Å². The first-order chi connectivity index (χ1) is 19.4. The molecule has 8 heteroatoms. The summed E-state index contributed by atoms with van der Waals surface area (Å²) in [4.78, 5) is 29.2. The number of likely N-dealkylation sites (N-methyl/N-ethyl adjacent to an activating group) is 1. The van der Waals surface area contributed by atoms with Crippen LogP contribution < -0.4 is 24.3 Å². The van der Waals surface area contributed by atoms with E-state index in [9.17, 15) is 9.59 Å². The summed E-state index contributed by atoms with van der Waals surface area (Å²) < 4.78 is 22.2. The molecule has 5 rings (SSSR count). The molecule has 1 heterocycles. The molecule has 0 saturated heterocycles. The summed E-state index contributed by atoms with van der Waals surface area (Å²) in [5.41, 5.74) is 2.34. The third-order valence-corrected chi connectivity index (χ3v) is 7.02. The largest absolute Gasteiger partial charge is 0.497 e. The van der Waals surface area contributed by atoms with Gasteiger partial charge in [-0.2, -0.15) is 0 Å². The normalized spacial score (nSPS) is 16.1. The molecule has 0 aliphatic carbocycles. The van der Waals surface area contributed by atoms with Crippen LogP contribution in [0.3, 0.4) is 0 Å². The summed E-state index contributed by atoms with van der Waals surface area (Å²) in [6.07, 6.45) is 0. The fourth-order valence-corrected chi connectivity index (χ4v) is 5.00. The molecule has 4 aromatic carbocycles. The minimum Gasteiger partial charge on any atom is -0.497 e. The van der Waals surface area contributed by atoms with Gasteiger partial charge in [0.25, 0.3) is 5.91 Å². The second kappa shape index (κ2) is 11.4. The molecule has 1 aliphatic heterocycles. The SMILES string of the molecule is COc1ccc([C@@H]2[C@H](C(=O)Nc3ccc(Oc4ccccc4)cc3)c3cc(OC)c(OC)cc3C(=O)N2C)cc1. The van der Waals surface area contributed by atoms with Crippen LogP contribution in [0.1, 0.15) is 33.4 Å². The predicted octanol–water partition coefficient (Wildman–Crippen LogP) is 6.05. The van der Waals surface area contributed by atoms with Crippen molar-refractivity contribution in [1.82, 2.24) is 4.90 Å². The molecular weight excluding hydrogens is 508 g/mol. The van der Waals surface area contributed by atoms with Gasteiger partial charge in [-0.25, -0.2) is 0 Å². The summed E-state index contributed by atoms with van der Waals surface area (Å²) in [5.74, 6) is 1.66. The number of para-hydroxylation sites is 1. The Kier molecular flexibility index (Phi) is 7.59. The third kappa shape index (κ3) is 5.16. The van der Waals surface area contributed by atoms with Gasteiger partial charge in [-0.15, -0.1) is 0 Å². The average Bonchev–Trinajstić information content (AvgIpc) is 2.99. The van der Waals surface area contributed by atoms with Crippen LogP contribution in [-0.4, -0.2) is 45.1 Å². The highest BCUT2D eigenvalue weighted by Gasteiger charge is 2.43. The molecule has 1 aliphatic rings. The maximum absolute atomic E-state index is 14.0. The van der Waals surface area contributed by atoms with E-state index in [1.54, 1.807) is 55.5 Å². The molecule has 0 bridgehead atoms. The first-order valence-electron chi connectivity index (χ1n) is 12.7. The molecule has 1 N–H and O–H groups in total. The van der Waals surface area contributed by atoms with Crippen molar-refractivity contribution >= 4 is 17.5 Å². The molecule has 4 aromatic rings. The summed E-state index contributed by atoms with van der Waals surface area (Å²) in [5, 5.41) is 3.04. The van der Waals surface area contributed by atoms with Gasteiger partial charge in [0, 0.05) is 18.3 Å². The second-order valence-corrected chi connectivity index (χ2v) is 9.33. The molecule has 8 nitrogen and oxygen atoms in total. The number of carbonyl (C=O) groups is 2. The topological polar surface area (TPSA) is 86.3 Å². The van der Waals surface area contributed by atoms with Crippen LogP contribution in [0, 0.1) is 0 Å². The Morgan fingerprint density at radius 3 is 1.98 bits per heavy atom. The number of benzene rings is 4. The summed E-state index contributed by atoms with van der Waals surface area (Å²) >= 11 is 0. The lowest BCUT2D eigenvalue weighted by molar-refractivity contribution is -0.119. The van der Waals surface area contributed by atoms with Gasteiger partial charge in [-0.3, -0.25) is 9.59 Å². The highest BCUT2D eigenvalue weighted by molar-refractivity contribution is 6.05. The number of methoxy groups -OCH3 is 3. The van der Waals surface area contributed by atoms with E-state index in [1.807, 2.05) is 54.6 Å². The van der Waals surface area contributed by atoms with Crippen molar-refractivity contribution in [2.75, 3.05) is 33.7 Å². The molecule has 40 heavy (non-hydrogen) atoms. The zero-order valence-electron chi connectivity index (χ0n) is 22.7. The Bertz CT molecular complexity index is 1500. The highest BCUT2D eigenvalue weighted by atomic mass is 16.5. The van der Waals surface area contributed by atoms with Crippen molar-refractivity contribution in [3.05, 3.63) is 108 Å². The quantitative estimate of drug-likeness (QED) is 0.294. The Morgan fingerprint density at radius 2 is 1.35 bits per heavy atom. The van der Waals surface area contributed by atoms with Gasteiger partial charge in [-0.1, -0.05) is 30.3 Å². The summed E-state index contributed by atoms with van der Waals surface area (Å²) in [6, 6.07) is 26.8. The van der Waals surface area contributed by atoms with E-state index in [0.29, 0.717) is 39.8 Å². The van der Waals surface area contributed by atoms with Gasteiger partial charge in [0.1, 0.15) is 17.2 Å². The van der Waals surface area contributed by atoms with Crippen LogP contribution in [-0.2, 0) is 4.79 Å². The minimum atomic E-state index is -0.744. The van der Waals surface area contributed by atoms with Gasteiger partial charge in [-0.05, 0) is 71.8 Å². The number of nitrogens with one attached hydrogen (secondary N) is 1. The van der Waals surface area contributed by atoms with Crippen molar-refractivity contribution in [3.63, 3.8) is 0 Å². The van der Waals surface area contributed by atoms with Gasteiger partial charge >= 0.3 is 0 Å². The number of fused-ring (bicyclic) bond motifs is 1. The minimum absolute atomic E-state index is 0.219. The van der Waals surface area contributed by atoms with E-state index in [2.05, 4.69) is 5.32 Å². The Labute approximate surface area is 233 Å². The summed E-state index contributed by atoms with van der Waals surface area (Å²) in [7, 11) is 6.33. The van der Waals surface area contributed by atoms with E-state index in [4.69, 9.17) is 18.9 Å². The number of anilines is 1. The van der Waals surface area contributed by atoms with Gasteiger partial charge < -0.3 is 29.2 Å². The molecule has 0 radical (unpaired) electrons. The van der Waals surface area contributed by atoms with Crippen LogP contribution in [0.2, 0.25) is 0 Å². The molecule has 0 spiro atoms. The fraction of sp³-hybridized carbons (Fsp3) is 0.188. The Morgan fingerprint density at radius 1 is 0.750 bits per heavy atom. The monoisotopic (exact) mass is 538 g/mol. The molecule has 0 unspecified atom stereocenters. The lowest BCUT2D eigenvalue weighted by atomic mass is 9.79. The maximum atomic E-state index is 14.0. The number of hydrogen-bond acceptors (Lipinski definition) is 6. The summed E-state index contributed by atoms with van der Waals surface area (Å²) in [6.45, 7) is 0. The Hall–Kier alpha value is -4.98. The van der Waals surface area contributed by atoms with Gasteiger partial charge in [0.2, 0.25) is 5.91 Å². The lowest BCUT2D eigenvalue weighted by Crippen LogP contribution is -2.44. The van der Waals surface area contributed by atoms with E-state index < -0.39 is 12.0 Å². The van der Waals surface area contributed by atoms with Gasteiger partial charge in [0.15, 0.2) is 11.5 Å². The van der Waals surface area contributed by atoms with E-state index >= 15 is 0 Å². The second-order valence-electron chi connectivity index (χ2n) is 9.33. The van der Waals surface area contributed by atoms with Crippen LogP contribution in [0.4, 0.5) is 5.69 Å². The van der Waals surface area contributed by atoms with Crippen LogP contribution >= 0.6 is 0 Å². The van der Waals surface area contributed by atoms with E-state index in [0.717, 1.165) is 11.3 Å². The molecule has 0 aromatic heterocycles. The zero-order valence-corrected chi connectivity index (χ0v) is 22.7. The van der Waals surface area contributed by atoms with Crippen molar-refractivity contribution < 1.29 is 28.5 Å². The average molecular weight is 539 g/mol. The fourth-order valence-electron chi connectivity index (χ4n) is 5.00. The molecule has 0 saturated carbocycles. The molecule has 204 valence electrons. The number of nitrogens with zero attached hydrogens (tertiary/aromatic N) is 1. The predicted molar refractivity (Wildman–Crippen MR) is 152 cm³/mol. The van der Waals surface area contributed by atoms with E-state index in [1.165, 1.54) is 14.2 Å².